The number of rotatable bonds is 1. The van der Waals surface area contributed by atoms with Crippen LogP contribution < -0.4 is 0 Å². The van der Waals surface area contributed by atoms with Crippen LogP contribution in [0, 0.1) is 0 Å². The molecule has 0 N–H and O–H groups in total. The first-order valence-electron chi connectivity index (χ1n) is 5.13. The summed E-state index contributed by atoms with van der Waals surface area (Å²) in [6.07, 6.45) is 1.89. The number of benzene rings is 2. The molecule has 0 heterocycles. The molecule has 3 rings (SSSR count). The van der Waals surface area contributed by atoms with Gasteiger partial charge in [0.15, 0.2) is 0 Å². The van der Waals surface area contributed by atoms with E-state index in [1.807, 2.05) is 30.3 Å². The second kappa shape index (κ2) is 3.20. The van der Waals surface area contributed by atoms with Gasteiger partial charge in [0, 0.05) is 0 Å². The molecule has 0 spiro atoms. The number of ether oxygens (including phenoxy) is 1. The Kier molecular flexibility index (Phi) is 1.83. The van der Waals surface area contributed by atoms with Crippen LogP contribution in [0.1, 0.15) is 11.1 Å². The van der Waals surface area contributed by atoms with E-state index in [9.17, 15) is 4.79 Å². The molecule has 2 nitrogen and oxygen atoms in total. The molecule has 1 aliphatic rings. The Balaban J connectivity index is 2.34. The van der Waals surface area contributed by atoms with Crippen LogP contribution in [0.5, 0.6) is 0 Å². The van der Waals surface area contributed by atoms with E-state index in [1.54, 1.807) is 0 Å². The highest BCUT2D eigenvalue weighted by Gasteiger charge is 2.21. The molecule has 0 saturated carbocycles. The standard InChI is InChI=1S/C14H10O2/c1-16-14(15)12-8-10-6-2-4-9-5-3-7-11(12)13(9)10/h2-8H,1H3. The van der Waals surface area contributed by atoms with Crippen molar-refractivity contribution in [3.05, 3.63) is 47.5 Å². The number of methoxy groups -OCH3 is 1. The van der Waals surface area contributed by atoms with E-state index < -0.39 is 0 Å². The Morgan fingerprint density at radius 3 is 2.62 bits per heavy atom. The molecule has 0 amide bonds. The van der Waals surface area contributed by atoms with Crippen molar-refractivity contribution in [2.24, 2.45) is 0 Å². The maximum Gasteiger partial charge on any atom is 0.338 e. The lowest BCUT2D eigenvalue weighted by molar-refractivity contribution is -0.133. The lowest BCUT2D eigenvalue weighted by atomic mass is 10.0. The largest absolute Gasteiger partial charge is 0.465 e. The molecule has 0 saturated heterocycles. The minimum Gasteiger partial charge on any atom is -0.465 e. The smallest absolute Gasteiger partial charge is 0.338 e. The number of hydrogen-bond acceptors (Lipinski definition) is 2. The van der Waals surface area contributed by atoms with Gasteiger partial charge in [-0.3, -0.25) is 0 Å². The summed E-state index contributed by atoms with van der Waals surface area (Å²) < 4.78 is 4.79. The summed E-state index contributed by atoms with van der Waals surface area (Å²) >= 11 is 0. The highest BCUT2D eigenvalue weighted by Crippen LogP contribution is 2.36. The molecular weight excluding hydrogens is 200 g/mol. The molecule has 2 aromatic rings. The first kappa shape index (κ1) is 9.16. The van der Waals surface area contributed by atoms with Crippen LogP contribution in [0.3, 0.4) is 0 Å². The summed E-state index contributed by atoms with van der Waals surface area (Å²) in [4.78, 5) is 11.6. The zero-order valence-corrected chi connectivity index (χ0v) is 8.86. The van der Waals surface area contributed by atoms with E-state index in [-0.39, 0.29) is 5.97 Å². The maximum absolute atomic E-state index is 11.6. The Labute approximate surface area is 93.2 Å². The van der Waals surface area contributed by atoms with Crippen LogP contribution >= 0.6 is 0 Å². The molecule has 78 valence electrons. The highest BCUT2D eigenvalue weighted by molar-refractivity contribution is 6.29. The van der Waals surface area contributed by atoms with Crippen molar-refractivity contribution in [3.63, 3.8) is 0 Å². The van der Waals surface area contributed by atoms with Gasteiger partial charge in [-0.05, 0) is 28.0 Å². The third kappa shape index (κ3) is 1.10. The summed E-state index contributed by atoms with van der Waals surface area (Å²) in [6.45, 7) is 0. The molecule has 0 unspecified atom stereocenters. The number of esters is 1. The molecular formula is C14H10O2. The van der Waals surface area contributed by atoms with Gasteiger partial charge in [-0.1, -0.05) is 36.4 Å². The molecule has 16 heavy (non-hydrogen) atoms. The average molecular weight is 210 g/mol. The second-order valence-corrected chi connectivity index (χ2v) is 3.80. The van der Waals surface area contributed by atoms with Crippen molar-refractivity contribution in [1.82, 2.24) is 0 Å². The van der Waals surface area contributed by atoms with Gasteiger partial charge in [-0.15, -0.1) is 0 Å². The Bertz CT molecular complexity index is 618. The summed E-state index contributed by atoms with van der Waals surface area (Å²) in [5, 5.41) is 2.30. The SMILES string of the molecule is COC(=O)C1=Cc2cccc3cccc1c23. The van der Waals surface area contributed by atoms with Crippen LogP contribution in [0.15, 0.2) is 36.4 Å². The van der Waals surface area contributed by atoms with Gasteiger partial charge in [0.25, 0.3) is 0 Å². The van der Waals surface area contributed by atoms with Gasteiger partial charge in [0.1, 0.15) is 0 Å². The molecule has 0 aliphatic heterocycles. The Hall–Kier alpha value is -2.09. The molecule has 0 aromatic heterocycles. The van der Waals surface area contributed by atoms with Crippen molar-refractivity contribution in [1.29, 1.82) is 0 Å². The van der Waals surface area contributed by atoms with E-state index in [1.165, 1.54) is 7.11 Å². The minimum atomic E-state index is -0.274. The summed E-state index contributed by atoms with van der Waals surface area (Å²) in [5.41, 5.74) is 2.71. The predicted octanol–water partition coefficient (Wildman–Crippen LogP) is 2.87. The van der Waals surface area contributed by atoms with Gasteiger partial charge < -0.3 is 4.74 Å². The number of hydrogen-bond donors (Lipinski definition) is 0. The number of carbonyl (C=O) groups is 1. The topological polar surface area (TPSA) is 26.3 Å². The molecule has 0 fully saturated rings. The van der Waals surface area contributed by atoms with E-state index in [0.29, 0.717) is 5.57 Å². The zero-order valence-electron chi connectivity index (χ0n) is 8.86. The minimum absolute atomic E-state index is 0.274. The van der Waals surface area contributed by atoms with Crippen molar-refractivity contribution >= 4 is 28.4 Å². The molecule has 1 aliphatic carbocycles. The molecule has 2 aromatic carbocycles. The van der Waals surface area contributed by atoms with Crippen LogP contribution in [0.25, 0.3) is 22.4 Å². The maximum atomic E-state index is 11.6. The zero-order chi connectivity index (χ0) is 11.1. The molecule has 2 heteroatoms. The highest BCUT2D eigenvalue weighted by atomic mass is 16.5. The van der Waals surface area contributed by atoms with Crippen molar-refractivity contribution in [2.75, 3.05) is 7.11 Å². The summed E-state index contributed by atoms with van der Waals surface area (Å²) in [5.74, 6) is -0.274. The van der Waals surface area contributed by atoms with E-state index in [4.69, 9.17) is 4.74 Å². The second-order valence-electron chi connectivity index (χ2n) is 3.80. The van der Waals surface area contributed by atoms with E-state index in [0.717, 1.165) is 21.9 Å². The van der Waals surface area contributed by atoms with Crippen LogP contribution in [0.4, 0.5) is 0 Å². The van der Waals surface area contributed by atoms with Gasteiger partial charge >= 0.3 is 5.97 Å². The summed E-state index contributed by atoms with van der Waals surface area (Å²) in [7, 11) is 1.41. The first-order chi connectivity index (χ1) is 7.81. The summed E-state index contributed by atoms with van der Waals surface area (Å²) in [6, 6.07) is 12.0. The quantitative estimate of drug-likeness (QED) is 0.676. The van der Waals surface area contributed by atoms with E-state index in [2.05, 4.69) is 12.1 Å². The lowest BCUT2D eigenvalue weighted by Crippen LogP contribution is -2.01. The van der Waals surface area contributed by atoms with Gasteiger partial charge in [-0.25, -0.2) is 4.79 Å². The Morgan fingerprint density at radius 1 is 1.12 bits per heavy atom. The van der Waals surface area contributed by atoms with Gasteiger partial charge in [0.05, 0.1) is 12.7 Å². The fourth-order valence-corrected chi connectivity index (χ4v) is 2.23. The van der Waals surface area contributed by atoms with Crippen LogP contribution in [0.2, 0.25) is 0 Å². The van der Waals surface area contributed by atoms with Crippen LogP contribution in [-0.2, 0) is 9.53 Å². The van der Waals surface area contributed by atoms with Crippen LogP contribution in [-0.4, -0.2) is 13.1 Å². The molecule has 0 radical (unpaired) electrons. The molecule has 0 atom stereocenters. The number of carbonyl (C=O) groups excluding carboxylic acids is 1. The van der Waals surface area contributed by atoms with Crippen molar-refractivity contribution in [3.8, 4) is 0 Å². The van der Waals surface area contributed by atoms with Crippen molar-refractivity contribution < 1.29 is 9.53 Å². The monoisotopic (exact) mass is 210 g/mol. The average Bonchev–Trinajstić information content (AvgIpc) is 2.70. The third-order valence-electron chi connectivity index (χ3n) is 2.93. The first-order valence-corrected chi connectivity index (χ1v) is 5.13. The van der Waals surface area contributed by atoms with Crippen molar-refractivity contribution in [2.45, 2.75) is 0 Å². The van der Waals surface area contributed by atoms with E-state index >= 15 is 0 Å². The lowest BCUT2D eigenvalue weighted by Gasteiger charge is -2.03. The van der Waals surface area contributed by atoms with Gasteiger partial charge in [0.2, 0.25) is 0 Å². The molecule has 0 bridgehead atoms. The fraction of sp³-hybridized carbons (Fsp3) is 0.0714. The predicted molar refractivity (Wildman–Crippen MR) is 63.8 cm³/mol. The Morgan fingerprint density at radius 2 is 1.88 bits per heavy atom. The fourth-order valence-electron chi connectivity index (χ4n) is 2.23. The normalized spacial score (nSPS) is 12.7. The van der Waals surface area contributed by atoms with Gasteiger partial charge in [-0.2, -0.15) is 0 Å². The third-order valence-corrected chi connectivity index (χ3v) is 2.93.